The molecule has 0 spiro atoms. The van der Waals surface area contributed by atoms with Crippen molar-refractivity contribution < 1.29 is 20.1 Å². The van der Waals surface area contributed by atoms with Crippen LogP contribution in [0.4, 0.5) is 11.4 Å². The second-order valence-corrected chi connectivity index (χ2v) is 6.52. The SMILES string of the molecule is O=[N+]([O-])c1ccccc1C(CO)S[C@H](CO)c1ccccc1[N+](=O)[O-]. The number of rotatable bonds is 8. The molecule has 0 aliphatic carbocycles. The van der Waals surface area contributed by atoms with Gasteiger partial charge in [-0.05, 0) is 0 Å². The van der Waals surface area contributed by atoms with E-state index in [0.717, 1.165) is 11.8 Å². The fourth-order valence-corrected chi connectivity index (χ4v) is 3.74. The molecule has 2 atom stereocenters. The number of thioether (sulfide) groups is 1. The number of nitro groups is 2. The summed E-state index contributed by atoms with van der Waals surface area (Å²) in [6.07, 6.45) is 0. The molecular formula is C16H16N2O6S. The number of benzene rings is 2. The average molecular weight is 364 g/mol. The maximum atomic E-state index is 11.2. The predicted molar refractivity (Wildman–Crippen MR) is 93.4 cm³/mol. The van der Waals surface area contributed by atoms with E-state index in [0.29, 0.717) is 11.1 Å². The van der Waals surface area contributed by atoms with E-state index in [1.807, 2.05) is 0 Å². The Balaban J connectivity index is 2.38. The Morgan fingerprint density at radius 3 is 1.48 bits per heavy atom. The van der Waals surface area contributed by atoms with Crippen LogP contribution in [-0.2, 0) is 0 Å². The molecule has 25 heavy (non-hydrogen) atoms. The van der Waals surface area contributed by atoms with E-state index in [4.69, 9.17) is 0 Å². The van der Waals surface area contributed by atoms with Crippen molar-refractivity contribution in [3.63, 3.8) is 0 Å². The molecule has 1 unspecified atom stereocenters. The molecule has 2 aromatic carbocycles. The summed E-state index contributed by atoms with van der Waals surface area (Å²) in [4.78, 5) is 21.3. The zero-order chi connectivity index (χ0) is 18.4. The highest BCUT2D eigenvalue weighted by molar-refractivity contribution is 7.99. The molecule has 8 nitrogen and oxygen atoms in total. The van der Waals surface area contributed by atoms with Crippen LogP contribution in [0, 0.1) is 20.2 Å². The Morgan fingerprint density at radius 1 is 0.800 bits per heavy atom. The number of aliphatic hydroxyl groups excluding tert-OH is 2. The third kappa shape index (κ3) is 4.32. The van der Waals surface area contributed by atoms with Crippen LogP contribution in [0.2, 0.25) is 0 Å². The Labute approximate surface area is 147 Å². The van der Waals surface area contributed by atoms with Gasteiger partial charge in [0.05, 0.1) is 33.6 Å². The molecule has 0 aliphatic rings. The van der Waals surface area contributed by atoms with Gasteiger partial charge in [0.1, 0.15) is 0 Å². The number of nitro benzene ring substituents is 2. The lowest BCUT2D eigenvalue weighted by atomic mass is 10.1. The summed E-state index contributed by atoms with van der Waals surface area (Å²) >= 11 is 1.05. The molecule has 0 amide bonds. The van der Waals surface area contributed by atoms with Crippen LogP contribution in [0.5, 0.6) is 0 Å². The average Bonchev–Trinajstić information content (AvgIpc) is 2.63. The van der Waals surface area contributed by atoms with Crippen molar-refractivity contribution >= 4 is 23.1 Å². The van der Waals surface area contributed by atoms with Gasteiger partial charge in [-0.25, -0.2) is 0 Å². The van der Waals surface area contributed by atoms with Crippen molar-refractivity contribution in [2.75, 3.05) is 13.2 Å². The molecular weight excluding hydrogens is 348 g/mol. The highest BCUT2D eigenvalue weighted by atomic mass is 32.2. The van der Waals surface area contributed by atoms with Gasteiger partial charge in [-0.1, -0.05) is 36.4 Å². The third-order valence-electron chi connectivity index (χ3n) is 3.62. The third-order valence-corrected chi connectivity index (χ3v) is 5.08. The van der Waals surface area contributed by atoms with Crippen LogP contribution in [0.1, 0.15) is 21.6 Å². The summed E-state index contributed by atoms with van der Waals surface area (Å²) in [7, 11) is 0. The van der Waals surface area contributed by atoms with Crippen LogP contribution < -0.4 is 0 Å². The number of aliphatic hydroxyl groups is 2. The monoisotopic (exact) mass is 364 g/mol. The van der Waals surface area contributed by atoms with Gasteiger partial charge in [-0.3, -0.25) is 20.2 Å². The van der Waals surface area contributed by atoms with E-state index in [1.165, 1.54) is 36.4 Å². The molecule has 9 heteroatoms. The molecule has 2 aromatic rings. The minimum absolute atomic E-state index is 0.145. The smallest absolute Gasteiger partial charge is 0.273 e. The van der Waals surface area contributed by atoms with Crippen LogP contribution in [0.25, 0.3) is 0 Å². The van der Waals surface area contributed by atoms with Crippen molar-refractivity contribution in [2.24, 2.45) is 0 Å². The van der Waals surface area contributed by atoms with Gasteiger partial charge in [-0.15, -0.1) is 11.8 Å². The summed E-state index contributed by atoms with van der Waals surface area (Å²) in [5, 5.41) is 40.3. The van der Waals surface area contributed by atoms with Crippen LogP contribution in [0.15, 0.2) is 48.5 Å². The van der Waals surface area contributed by atoms with E-state index < -0.39 is 33.6 Å². The molecule has 0 bridgehead atoms. The summed E-state index contributed by atoms with van der Waals surface area (Å²) in [6, 6.07) is 12.0. The van der Waals surface area contributed by atoms with Crippen molar-refractivity contribution in [1.82, 2.24) is 0 Å². The number of hydrogen-bond acceptors (Lipinski definition) is 7. The van der Waals surface area contributed by atoms with Gasteiger partial charge in [0.2, 0.25) is 0 Å². The first-order valence-corrected chi connectivity index (χ1v) is 8.27. The van der Waals surface area contributed by atoms with Crippen LogP contribution in [-0.4, -0.2) is 33.3 Å². The maximum absolute atomic E-state index is 11.2. The molecule has 132 valence electrons. The second kappa shape index (κ2) is 8.56. The standard InChI is InChI=1S/C16H16N2O6S/c19-9-15(11-5-1-3-7-13(11)17(21)22)25-16(10-20)12-6-2-4-8-14(12)18(23)24/h1-8,15-16,19-20H,9-10H2/t15-,16?/m1/s1. The zero-order valence-corrected chi connectivity index (χ0v) is 13.8. The van der Waals surface area contributed by atoms with Gasteiger partial charge in [-0.2, -0.15) is 0 Å². The number of para-hydroxylation sites is 2. The molecule has 2 rings (SSSR count). The van der Waals surface area contributed by atoms with Gasteiger partial charge >= 0.3 is 0 Å². The van der Waals surface area contributed by atoms with Gasteiger partial charge in [0.15, 0.2) is 0 Å². The van der Waals surface area contributed by atoms with Gasteiger partial charge < -0.3 is 10.2 Å². The lowest BCUT2D eigenvalue weighted by Crippen LogP contribution is -2.10. The van der Waals surface area contributed by atoms with Crippen molar-refractivity contribution in [3.8, 4) is 0 Å². The van der Waals surface area contributed by atoms with E-state index in [9.17, 15) is 30.4 Å². The second-order valence-electron chi connectivity index (χ2n) is 5.11. The fourth-order valence-electron chi connectivity index (χ4n) is 2.48. The van der Waals surface area contributed by atoms with Crippen molar-refractivity contribution in [2.45, 2.75) is 10.5 Å². The summed E-state index contributed by atoms with van der Waals surface area (Å²) in [5.74, 6) is 0. The van der Waals surface area contributed by atoms with E-state index in [1.54, 1.807) is 12.1 Å². The molecule has 0 aliphatic heterocycles. The van der Waals surface area contributed by atoms with Crippen molar-refractivity contribution in [3.05, 3.63) is 79.9 Å². The van der Waals surface area contributed by atoms with Gasteiger partial charge in [0, 0.05) is 23.3 Å². The predicted octanol–water partition coefficient (Wildman–Crippen LogP) is 3.00. The molecule has 2 N–H and O–H groups in total. The normalized spacial score (nSPS) is 13.2. The molecule has 0 saturated carbocycles. The fraction of sp³-hybridized carbons (Fsp3) is 0.250. The first kappa shape index (κ1) is 18.8. The molecule has 0 heterocycles. The highest BCUT2D eigenvalue weighted by Crippen LogP contribution is 2.44. The molecule has 0 fully saturated rings. The maximum Gasteiger partial charge on any atom is 0.273 e. The van der Waals surface area contributed by atoms with Gasteiger partial charge in [0.25, 0.3) is 11.4 Å². The largest absolute Gasteiger partial charge is 0.395 e. The molecule has 0 radical (unpaired) electrons. The first-order valence-electron chi connectivity index (χ1n) is 7.33. The number of nitrogens with zero attached hydrogens (tertiary/aromatic N) is 2. The van der Waals surface area contributed by atoms with Crippen LogP contribution >= 0.6 is 11.8 Å². The minimum atomic E-state index is -0.710. The Bertz CT molecular complexity index is 706. The Kier molecular flexibility index (Phi) is 6.45. The quantitative estimate of drug-likeness (QED) is 0.544. The summed E-state index contributed by atoms with van der Waals surface area (Å²) < 4.78 is 0. The minimum Gasteiger partial charge on any atom is -0.395 e. The summed E-state index contributed by atoms with van der Waals surface area (Å²) in [6.45, 7) is -0.820. The van der Waals surface area contributed by atoms with E-state index in [-0.39, 0.29) is 11.4 Å². The van der Waals surface area contributed by atoms with Crippen LogP contribution in [0.3, 0.4) is 0 Å². The lowest BCUT2D eigenvalue weighted by Gasteiger charge is -2.21. The summed E-state index contributed by atoms with van der Waals surface area (Å²) in [5.41, 5.74) is 0.315. The van der Waals surface area contributed by atoms with Crippen molar-refractivity contribution in [1.29, 1.82) is 0 Å². The lowest BCUT2D eigenvalue weighted by molar-refractivity contribution is -0.385. The molecule has 0 saturated heterocycles. The van der Waals surface area contributed by atoms with E-state index in [2.05, 4.69) is 0 Å². The Hall–Kier alpha value is -2.49. The number of hydrogen-bond donors (Lipinski definition) is 2. The topological polar surface area (TPSA) is 127 Å². The zero-order valence-electron chi connectivity index (χ0n) is 13.0. The Morgan fingerprint density at radius 2 is 1.16 bits per heavy atom. The highest BCUT2D eigenvalue weighted by Gasteiger charge is 2.28. The van der Waals surface area contributed by atoms with E-state index >= 15 is 0 Å². The first-order chi connectivity index (χ1) is 12.0. The molecule has 0 aromatic heterocycles.